The van der Waals surface area contributed by atoms with E-state index in [1.54, 1.807) is 0 Å². The molecule has 0 saturated carbocycles. The Morgan fingerprint density at radius 2 is 2.21 bits per heavy atom. The van der Waals surface area contributed by atoms with Gasteiger partial charge in [0.2, 0.25) is 11.8 Å². The fraction of sp³-hybridized carbons (Fsp3) is 0.385. The summed E-state index contributed by atoms with van der Waals surface area (Å²) in [5.74, 6) is -1.92. The summed E-state index contributed by atoms with van der Waals surface area (Å²) in [7, 11) is 0. The molecule has 1 aromatic rings. The second-order valence-corrected chi connectivity index (χ2v) is 4.49. The zero-order valence-corrected chi connectivity index (χ0v) is 10.2. The Hall–Kier alpha value is -1.98. The average Bonchev–Trinajstić information content (AvgIpc) is 2.38. The van der Waals surface area contributed by atoms with Crippen LogP contribution in [0.15, 0.2) is 18.2 Å². The molecule has 0 bridgehead atoms. The molecule has 102 valence electrons. The van der Waals surface area contributed by atoms with Crippen molar-refractivity contribution in [3.8, 4) is 0 Å². The molecule has 1 aliphatic rings. The van der Waals surface area contributed by atoms with E-state index >= 15 is 0 Å². The van der Waals surface area contributed by atoms with Crippen molar-refractivity contribution in [1.29, 1.82) is 0 Å². The number of hydrogen-bond donors (Lipinski definition) is 2. The lowest BCUT2D eigenvalue weighted by Crippen LogP contribution is -2.42. The molecule has 6 heteroatoms. The van der Waals surface area contributed by atoms with E-state index in [-0.39, 0.29) is 29.8 Å². The lowest BCUT2D eigenvalue weighted by atomic mass is 9.98. The number of piperidine rings is 1. The summed E-state index contributed by atoms with van der Waals surface area (Å²) in [4.78, 5) is 22.8. The van der Waals surface area contributed by atoms with Crippen LogP contribution in [0, 0.1) is 17.6 Å². The van der Waals surface area contributed by atoms with Crippen molar-refractivity contribution in [1.82, 2.24) is 10.6 Å². The van der Waals surface area contributed by atoms with Crippen molar-refractivity contribution in [3.63, 3.8) is 0 Å². The second kappa shape index (κ2) is 5.77. The molecule has 0 radical (unpaired) electrons. The standard InChI is InChI=1S/C13H14F2N2O2/c14-10-3-1-8(11(15)5-10)6-17-13(19)9-2-4-12(18)16-7-9/h1,3,5,9H,2,4,6-7H2,(H,16,18)(H,17,19). The van der Waals surface area contributed by atoms with Crippen LogP contribution >= 0.6 is 0 Å². The Labute approximate surface area is 109 Å². The molecule has 0 aromatic heterocycles. The molecule has 1 aromatic carbocycles. The predicted octanol–water partition coefficient (Wildman–Crippen LogP) is 1.11. The Morgan fingerprint density at radius 1 is 1.42 bits per heavy atom. The van der Waals surface area contributed by atoms with Gasteiger partial charge in [0, 0.05) is 31.1 Å². The van der Waals surface area contributed by atoms with Gasteiger partial charge in [-0.1, -0.05) is 6.07 Å². The van der Waals surface area contributed by atoms with Crippen molar-refractivity contribution < 1.29 is 18.4 Å². The van der Waals surface area contributed by atoms with E-state index in [2.05, 4.69) is 10.6 Å². The molecule has 1 heterocycles. The van der Waals surface area contributed by atoms with E-state index in [1.807, 2.05) is 0 Å². The maximum Gasteiger partial charge on any atom is 0.225 e. The molecule has 4 nitrogen and oxygen atoms in total. The molecule has 1 saturated heterocycles. The summed E-state index contributed by atoms with van der Waals surface area (Å²) >= 11 is 0. The summed E-state index contributed by atoms with van der Waals surface area (Å²) in [5.41, 5.74) is 0.231. The topological polar surface area (TPSA) is 58.2 Å². The van der Waals surface area contributed by atoms with Gasteiger partial charge in [-0.3, -0.25) is 9.59 Å². The third-order valence-electron chi connectivity index (χ3n) is 3.10. The monoisotopic (exact) mass is 268 g/mol. The molecule has 1 aliphatic heterocycles. The third kappa shape index (κ3) is 3.49. The highest BCUT2D eigenvalue weighted by atomic mass is 19.1. The summed E-state index contributed by atoms with van der Waals surface area (Å²) in [5, 5.41) is 5.20. The van der Waals surface area contributed by atoms with Gasteiger partial charge in [-0.25, -0.2) is 8.78 Å². The second-order valence-electron chi connectivity index (χ2n) is 4.49. The summed E-state index contributed by atoms with van der Waals surface area (Å²) < 4.78 is 26.1. The third-order valence-corrected chi connectivity index (χ3v) is 3.10. The van der Waals surface area contributed by atoms with Gasteiger partial charge in [0.15, 0.2) is 0 Å². The average molecular weight is 268 g/mol. The van der Waals surface area contributed by atoms with Gasteiger partial charge in [-0.05, 0) is 12.5 Å². The Bertz CT molecular complexity index is 495. The Balaban J connectivity index is 1.88. The van der Waals surface area contributed by atoms with Crippen LogP contribution in [-0.2, 0) is 16.1 Å². The van der Waals surface area contributed by atoms with Gasteiger partial charge < -0.3 is 10.6 Å². The minimum atomic E-state index is -0.683. The minimum Gasteiger partial charge on any atom is -0.355 e. The van der Waals surface area contributed by atoms with E-state index < -0.39 is 11.6 Å². The van der Waals surface area contributed by atoms with Crippen LogP contribution in [0.1, 0.15) is 18.4 Å². The summed E-state index contributed by atoms with van der Waals surface area (Å²) in [6.45, 7) is 0.311. The molecule has 0 spiro atoms. The number of halogens is 2. The normalized spacial score (nSPS) is 18.8. The maximum atomic E-state index is 13.3. The molecule has 2 N–H and O–H groups in total. The Morgan fingerprint density at radius 3 is 2.84 bits per heavy atom. The van der Waals surface area contributed by atoms with Crippen LogP contribution in [0.25, 0.3) is 0 Å². The van der Waals surface area contributed by atoms with Crippen LogP contribution in [0.2, 0.25) is 0 Å². The van der Waals surface area contributed by atoms with Crippen molar-refractivity contribution in [2.75, 3.05) is 6.54 Å². The van der Waals surface area contributed by atoms with Crippen LogP contribution in [0.4, 0.5) is 8.78 Å². The molecule has 1 unspecified atom stereocenters. The number of nitrogens with one attached hydrogen (secondary N) is 2. The van der Waals surface area contributed by atoms with Crippen molar-refractivity contribution in [3.05, 3.63) is 35.4 Å². The molecule has 1 atom stereocenters. The highest BCUT2D eigenvalue weighted by Crippen LogP contribution is 2.12. The lowest BCUT2D eigenvalue weighted by Gasteiger charge is -2.21. The first-order chi connectivity index (χ1) is 9.06. The molecule has 1 fully saturated rings. The van der Waals surface area contributed by atoms with E-state index in [4.69, 9.17) is 0 Å². The van der Waals surface area contributed by atoms with Crippen molar-refractivity contribution in [2.24, 2.45) is 5.92 Å². The highest BCUT2D eigenvalue weighted by Gasteiger charge is 2.24. The minimum absolute atomic E-state index is 0.00932. The van der Waals surface area contributed by atoms with Crippen LogP contribution in [0.3, 0.4) is 0 Å². The van der Waals surface area contributed by atoms with Gasteiger partial charge in [0.1, 0.15) is 11.6 Å². The number of amides is 2. The largest absolute Gasteiger partial charge is 0.355 e. The molecular weight excluding hydrogens is 254 g/mol. The fourth-order valence-corrected chi connectivity index (χ4v) is 1.95. The van der Waals surface area contributed by atoms with Crippen molar-refractivity contribution in [2.45, 2.75) is 19.4 Å². The fourth-order valence-electron chi connectivity index (χ4n) is 1.95. The van der Waals surface area contributed by atoms with Gasteiger partial charge >= 0.3 is 0 Å². The number of rotatable bonds is 3. The van der Waals surface area contributed by atoms with E-state index in [0.29, 0.717) is 19.4 Å². The Kier molecular flexibility index (Phi) is 4.09. The van der Waals surface area contributed by atoms with Gasteiger partial charge in [0.25, 0.3) is 0 Å². The van der Waals surface area contributed by atoms with E-state index in [0.717, 1.165) is 12.1 Å². The van der Waals surface area contributed by atoms with Gasteiger partial charge in [-0.15, -0.1) is 0 Å². The highest BCUT2D eigenvalue weighted by molar-refractivity contribution is 5.83. The summed E-state index contributed by atoms with van der Waals surface area (Å²) in [6, 6.07) is 3.22. The van der Waals surface area contributed by atoms with Crippen LogP contribution in [0.5, 0.6) is 0 Å². The number of carbonyl (C=O) groups excluding carboxylic acids is 2. The first-order valence-electron chi connectivity index (χ1n) is 6.04. The number of hydrogen-bond acceptors (Lipinski definition) is 2. The zero-order valence-electron chi connectivity index (χ0n) is 10.2. The number of benzene rings is 1. The molecule has 2 amide bonds. The van der Waals surface area contributed by atoms with E-state index in [1.165, 1.54) is 6.07 Å². The predicted molar refractivity (Wildman–Crippen MR) is 63.9 cm³/mol. The first-order valence-corrected chi connectivity index (χ1v) is 6.04. The van der Waals surface area contributed by atoms with Crippen molar-refractivity contribution >= 4 is 11.8 Å². The molecule has 2 rings (SSSR count). The molecule has 19 heavy (non-hydrogen) atoms. The lowest BCUT2D eigenvalue weighted by molar-refractivity contribution is -0.129. The maximum absolute atomic E-state index is 13.3. The zero-order chi connectivity index (χ0) is 13.8. The molecule has 0 aliphatic carbocycles. The van der Waals surface area contributed by atoms with E-state index in [9.17, 15) is 18.4 Å². The smallest absolute Gasteiger partial charge is 0.225 e. The van der Waals surface area contributed by atoms with Crippen LogP contribution < -0.4 is 10.6 Å². The SMILES string of the molecule is O=C1CCC(C(=O)NCc2ccc(F)cc2F)CN1. The summed E-state index contributed by atoms with van der Waals surface area (Å²) in [6.07, 6.45) is 0.812. The number of carbonyl (C=O) groups is 2. The van der Waals surface area contributed by atoms with Gasteiger partial charge in [-0.2, -0.15) is 0 Å². The van der Waals surface area contributed by atoms with Gasteiger partial charge in [0.05, 0.1) is 5.92 Å². The quantitative estimate of drug-likeness (QED) is 0.862. The first kappa shape index (κ1) is 13.5. The molecular formula is C13H14F2N2O2. The van der Waals surface area contributed by atoms with Crippen LogP contribution in [-0.4, -0.2) is 18.4 Å².